The van der Waals surface area contributed by atoms with E-state index in [1.165, 1.54) is 0 Å². The number of rotatable bonds is 9. The largest absolute Gasteiger partial charge is 0.444 e. The van der Waals surface area contributed by atoms with Crippen LogP contribution in [-0.2, 0) is 13.9 Å². The third kappa shape index (κ3) is 7.70. The number of aromatic nitrogens is 3. The van der Waals surface area contributed by atoms with E-state index in [9.17, 15) is 4.79 Å². The van der Waals surface area contributed by atoms with Crippen molar-refractivity contribution >= 4 is 25.4 Å². The van der Waals surface area contributed by atoms with Crippen molar-refractivity contribution < 1.29 is 23.2 Å². The molecule has 1 saturated carbocycles. The van der Waals surface area contributed by atoms with Crippen LogP contribution in [0.2, 0.25) is 18.1 Å². The Hall–Kier alpha value is -2.69. The molecular formula is C33H52N4O5Si. The fourth-order valence-electron chi connectivity index (χ4n) is 5.70. The van der Waals surface area contributed by atoms with Gasteiger partial charge < -0.3 is 28.3 Å². The standard InChI is InChI=1S/C33H52N4O5Si/c1-21-29(22(2)42-36-21)23-12-17-28-27(20-23)34-30(37(28)24-13-15-25(39-9)16-14-24)26(35-31(38)41-32(3,4)5)18-19-40-43(10,11)33(6,7)8/h12,17,20,24-26H,13-16,18-19H2,1-11H3,(H,35,38)/t24-,25-,26-/m0/s1. The van der Waals surface area contributed by atoms with E-state index in [1.807, 2.05) is 34.6 Å². The molecule has 1 aliphatic rings. The first-order chi connectivity index (χ1) is 20.0. The lowest BCUT2D eigenvalue weighted by molar-refractivity contribution is 0.0487. The number of hydrogen-bond donors (Lipinski definition) is 1. The van der Waals surface area contributed by atoms with Crippen LogP contribution in [0.3, 0.4) is 0 Å². The van der Waals surface area contributed by atoms with Crippen LogP contribution in [0.1, 0.15) is 103 Å². The van der Waals surface area contributed by atoms with Gasteiger partial charge in [0.15, 0.2) is 8.32 Å². The number of nitrogens with one attached hydrogen (secondary N) is 1. The number of ether oxygens (including phenoxy) is 2. The molecule has 9 nitrogen and oxygen atoms in total. The third-order valence-corrected chi connectivity index (χ3v) is 13.6. The van der Waals surface area contributed by atoms with Crippen molar-refractivity contribution in [1.29, 1.82) is 0 Å². The molecule has 1 N–H and O–H groups in total. The fourth-order valence-corrected chi connectivity index (χ4v) is 6.76. The molecule has 43 heavy (non-hydrogen) atoms. The predicted octanol–water partition coefficient (Wildman–Crippen LogP) is 8.42. The molecule has 2 aromatic heterocycles. The van der Waals surface area contributed by atoms with E-state index >= 15 is 0 Å². The van der Waals surface area contributed by atoms with Crippen molar-refractivity contribution in [2.75, 3.05) is 13.7 Å². The monoisotopic (exact) mass is 612 g/mol. The van der Waals surface area contributed by atoms with Crippen molar-refractivity contribution in [2.24, 2.45) is 0 Å². The lowest BCUT2D eigenvalue weighted by Crippen LogP contribution is -2.42. The number of alkyl carbamates (subject to hydrolysis) is 1. The molecule has 1 amide bonds. The molecule has 0 radical (unpaired) electrons. The van der Waals surface area contributed by atoms with Gasteiger partial charge in [0.05, 0.1) is 28.9 Å². The van der Waals surface area contributed by atoms with Gasteiger partial charge in [-0.3, -0.25) is 0 Å². The second kappa shape index (κ2) is 12.7. The number of carbonyl (C=O) groups excluding carboxylic acids is 1. The van der Waals surface area contributed by atoms with Crippen LogP contribution in [0.15, 0.2) is 22.7 Å². The molecule has 1 atom stereocenters. The number of imidazole rings is 1. The maximum absolute atomic E-state index is 13.2. The number of hydrogen-bond acceptors (Lipinski definition) is 7. The van der Waals surface area contributed by atoms with E-state index in [4.69, 9.17) is 23.4 Å². The van der Waals surface area contributed by atoms with Gasteiger partial charge in [0.25, 0.3) is 0 Å². The van der Waals surface area contributed by atoms with E-state index in [1.54, 1.807) is 7.11 Å². The van der Waals surface area contributed by atoms with Crippen molar-refractivity contribution in [3.63, 3.8) is 0 Å². The van der Waals surface area contributed by atoms with Gasteiger partial charge in [-0.2, -0.15) is 0 Å². The van der Waals surface area contributed by atoms with Crippen LogP contribution in [0.5, 0.6) is 0 Å². The zero-order valence-electron chi connectivity index (χ0n) is 28.1. The second-order valence-electron chi connectivity index (χ2n) is 14.5. The van der Waals surface area contributed by atoms with E-state index in [0.29, 0.717) is 13.0 Å². The highest BCUT2D eigenvalue weighted by Crippen LogP contribution is 2.39. The number of carbonyl (C=O) groups is 1. The summed E-state index contributed by atoms with van der Waals surface area (Å²) in [7, 11) is -0.195. The summed E-state index contributed by atoms with van der Waals surface area (Å²) in [6, 6.07) is 6.22. The Balaban J connectivity index is 1.78. The van der Waals surface area contributed by atoms with Gasteiger partial charge in [0, 0.05) is 25.3 Å². The molecule has 4 rings (SSSR count). The van der Waals surface area contributed by atoms with Gasteiger partial charge in [0.2, 0.25) is 0 Å². The summed E-state index contributed by atoms with van der Waals surface area (Å²) in [5.41, 5.74) is 4.16. The summed E-state index contributed by atoms with van der Waals surface area (Å²) in [6.45, 7) is 21.3. The number of nitrogens with zero attached hydrogens (tertiary/aromatic N) is 3. The van der Waals surface area contributed by atoms with E-state index in [-0.39, 0.29) is 17.2 Å². The molecule has 0 spiro atoms. The Morgan fingerprint density at radius 2 is 1.79 bits per heavy atom. The summed E-state index contributed by atoms with van der Waals surface area (Å²) in [6.07, 6.45) is 4.31. The molecule has 1 aliphatic carbocycles. The zero-order chi connectivity index (χ0) is 31.7. The average Bonchev–Trinajstić information content (AvgIpc) is 3.45. The molecule has 0 unspecified atom stereocenters. The Morgan fingerprint density at radius 3 is 2.35 bits per heavy atom. The minimum atomic E-state index is -1.99. The molecule has 1 fully saturated rings. The zero-order valence-corrected chi connectivity index (χ0v) is 29.1. The van der Waals surface area contributed by atoms with E-state index in [0.717, 1.165) is 65.1 Å². The minimum absolute atomic E-state index is 0.0861. The minimum Gasteiger partial charge on any atom is -0.444 e. The highest BCUT2D eigenvalue weighted by Gasteiger charge is 2.38. The number of amides is 1. The summed E-state index contributed by atoms with van der Waals surface area (Å²) in [5.74, 6) is 1.61. The van der Waals surface area contributed by atoms with Gasteiger partial charge in [-0.1, -0.05) is 32.0 Å². The van der Waals surface area contributed by atoms with Gasteiger partial charge in [-0.05, 0) is 103 Å². The number of methoxy groups -OCH3 is 1. The Bertz CT molecular complexity index is 1390. The van der Waals surface area contributed by atoms with Gasteiger partial charge in [-0.25, -0.2) is 9.78 Å². The summed E-state index contributed by atoms with van der Waals surface area (Å²) in [4.78, 5) is 18.4. The summed E-state index contributed by atoms with van der Waals surface area (Å²) in [5, 5.41) is 7.42. The van der Waals surface area contributed by atoms with Crippen molar-refractivity contribution in [3.05, 3.63) is 35.5 Å². The molecule has 3 aromatic rings. The Labute approximate surface area is 258 Å². The predicted molar refractivity (Wildman–Crippen MR) is 173 cm³/mol. The lowest BCUT2D eigenvalue weighted by Gasteiger charge is -2.36. The molecule has 0 saturated heterocycles. The second-order valence-corrected chi connectivity index (χ2v) is 19.3. The molecule has 10 heteroatoms. The lowest BCUT2D eigenvalue weighted by atomic mass is 9.92. The molecule has 0 bridgehead atoms. The Kier molecular flexibility index (Phi) is 9.83. The van der Waals surface area contributed by atoms with Crippen molar-refractivity contribution in [3.8, 4) is 11.1 Å². The first-order valence-corrected chi connectivity index (χ1v) is 18.5. The first kappa shape index (κ1) is 33.2. The van der Waals surface area contributed by atoms with Crippen LogP contribution in [0.4, 0.5) is 4.79 Å². The summed E-state index contributed by atoms with van der Waals surface area (Å²) < 4.78 is 25.8. The number of aryl methyl sites for hydroxylation is 2. The first-order valence-electron chi connectivity index (χ1n) is 15.6. The molecular weight excluding hydrogens is 560 g/mol. The SMILES string of the molecule is CO[C@H]1CC[C@H](n2c([C@H](CCO[Si](C)(C)C(C)(C)C)NC(=O)OC(C)(C)C)nc3cc(-c4c(C)noc4C)ccc32)CC1. The van der Waals surface area contributed by atoms with Crippen LogP contribution in [-0.4, -0.2) is 54.5 Å². The van der Waals surface area contributed by atoms with Crippen LogP contribution >= 0.6 is 0 Å². The van der Waals surface area contributed by atoms with Gasteiger partial charge in [0.1, 0.15) is 17.2 Å². The third-order valence-electron chi connectivity index (χ3n) is 9.06. The topological polar surface area (TPSA) is 101 Å². The molecule has 2 heterocycles. The average molecular weight is 613 g/mol. The molecule has 1 aromatic carbocycles. The van der Waals surface area contributed by atoms with Crippen molar-refractivity contribution in [1.82, 2.24) is 20.0 Å². The highest BCUT2D eigenvalue weighted by atomic mass is 28.4. The Morgan fingerprint density at radius 1 is 1.12 bits per heavy atom. The number of fused-ring (bicyclic) bond motifs is 1. The highest BCUT2D eigenvalue weighted by molar-refractivity contribution is 6.74. The van der Waals surface area contributed by atoms with E-state index in [2.05, 4.69) is 67.1 Å². The fraction of sp³-hybridized carbons (Fsp3) is 0.667. The molecule has 238 valence electrons. The van der Waals surface area contributed by atoms with Gasteiger partial charge in [-0.15, -0.1) is 0 Å². The number of benzene rings is 1. The quantitative estimate of drug-likeness (QED) is 0.242. The van der Waals surface area contributed by atoms with Crippen LogP contribution in [0.25, 0.3) is 22.2 Å². The normalized spacial score (nSPS) is 19.0. The van der Waals surface area contributed by atoms with Crippen LogP contribution in [0, 0.1) is 13.8 Å². The maximum atomic E-state index is 13.2. The molecule has 0 aliphatic heterocycles. The van der Waals surface area contributed by atoms with E-state index < -0.39 is 26.1 Å². The summed E-state index contributed by atoms with van der Waals surface area (Å²) >= 11 is 0. The van der Waals surface area contributed by atoms with Crippen molar-refractivity contribution in [2.45, 2.75) is 129 Å². The maximum Gasteiger partial charge on any atom is 0.408 e. The smallest absolute Gasteiger partial charge is 0.408 e. The van der Waals surface area contributed by atoms with Crippen LogP contribution < -0.4 is 5.32 Å². The van der Waals surface area contributed by atoms with Gasteiger partial charge >= 0.3 is 6.09 Å².